The molecule has 0 saturated carbocycles. The third kappa shape index (κ3) is 8.87. The second-order valence-corrected chi connectivity index (χ2v) is 26.5. The Bertz CT molecular complexity index is 7220. The summed E-state index contributed by atoms with van der Waals surface area (Å²) in [5.74, 6) is 2.58. The Morgan fingerprint density at radius 3 is 1.54 bits per heavy atom. The van der Waals surface area contributed by atoms with E-state index in [2.05, 4.69) is 214 Å². The number of fused-ring (bicyclic) bond motifs is 18. The van der Waals surface area contributed by atoms with E-state index < -0.39 is 6.04 Å². The van der Waals surface area contributed by atoms with Gasteiger partial charge < -0.3 is 4.42 Å². The fraction of sp³-hybridized carbons (Fsp3) is 0. The molecular weight excluding hydrogens is 1220 g/mol. The van der Waals surface area contributed by atoms with Gasteiger partial charge in [0.25, 0.3) is 0 Å². The van der Waals surface area contributed by atoms with Crippen molar-refractivity contribution in [2.45, 2.75) is 0 Å². The molecule has 7 aromatic heterocycles. The van der Waals surface area contributed by atoms with E-state index in [1.54, 1.807) is 29.5 Å². The molecule has 21 rings (SSSR count). The van der Waals surface area contributed by atoms with Gasteiger partial charge in [-0.05, 0) is 146 Å². The van der Waals surface area contributed by atoms with Crippen LogP contribution in [-0.4, -0.2) is 29.1 Å². The predicted octanol–water partition coefficient (Wildman–Crippen LogP) is 24.5. The first-order valence-electron chi connectivity index (χ1n) is 34.3. The topological polar surface area (TPSA) is 78.9 Å². The summed E-state index contributed by atoms with van der Waals surface area (Å²) < 4.78 is 57.4. The van der Waals surface area contributed by atoms with Crippen molar-refractivity contribution in [2.24, 2.45) is 0 Å². The first-order valence-corrected chi connectivity index (χ1v) is 33.5. The molecule has 0 saturated heterocycles. The van der Waals surface area contributed by atoms with Crippen LogP contribution in [-0.2, 0) is 0 Å². The smallest absolute Gasteiger partial charge is 0.197 e. The van der Waals surface area contributed by atoms with Crippen molar-refractivity contribution >= 4 is 167 Å². The molecule has 0 radical (unpaired) electrons. The highest BCUT2D eigenvalue weighted by molar-refractivity contribution is 7.26. The Labute approximate surface area is 568 Å². The number of hydrogen-bond acceptors (Lipinski definition) is 7. The van der Waals surface area contributed by atoms with E-state index >= 15 is 0 Å². The van der Waals surface area contributed by atoms with Crippen LogP contribution in [0.2, 0.25) is 0 Å². The Hall–Kier alpha value is -12.7. The van der Waals surface area contributed by atoms with Crippen LogP contribution in [0.4, 0.5) is 5.69 Å². The zero-order valence-corrected chi connectivity index (χ0v) is 52.9. The van der Waals surface area contributed by atoms with Crippen molar-refractivity contribution in [1.29, 1.82) is 0 Å². The van der Waals surface area contributed by atoms with Crippen LogP contribution < -0.4 is 0 Å². The number of thiophene rings is 2. The van der Waals surface area contributed by atoms with Gasteiger partial charge in [0.2, 0.25) is 0 Å². The molecule has 0 unspecified atom stereocenters. The third-order valence-corrected chi connectivity index (χ3v) is 21.2. The number of nitrogens with zero attached hydrogens (tertiary/aromatic N) is 7. The van der Waals surface area contributed by atoms with Crippen molar-refractivity contribution in [2.75, 3.05) is 0 Å². The van der Waals surface area contributed by atoms with Gasteiger partial charge in [0, 0.05) is 68.3 Å². The lowest BCUT2D eigenvalue weighted by atomic mass is 10.00. The molecule has 21 aromatic rings. The number of aromatic nitrogens is 6. The molecular formula is C87H49N7OS2. The minimum absolute atomic E-state index is 0.144. The van der Waals surface area contributed by atoms with Crippen molar-refractivity contribution < 1.29 is 11.3 Å². The van der Waals surface area contributed by atoms with Gasteiger partial charge in [0.15, 0.2) is 34.6 Å². The van der Waals surface area contributed by atoms with E-state index in [0.29, 0.717) is 39.8 Å². The average molecular weight is 1280 g/mol. The predicted molar refractivity (Wildman–Crippen MR) is 406 cm³/mol. The summed E-state index contributed by atoms with van der Waals surface area (Å²) in [5, 5.41) is 15.8. The summed E-state index contributed by atoms with van der Waals surface area (Å²) in [7, 11) is 0. The number of benzene rings is 14. The van der Waals surface area contributed by atoms with Gasteiger partial charge in [-0.15, -0.1) is 22.7 Å². The van der Waals surface area contributed by atoms with Crippen molar-refractivity contribution in [3.63, 3.8) is 0 Å². The highest BCUT2D eigenvalue weighted by atomic mass is 32.1. The molecule has 8 nitrogen and oxygen atoms in total. The van der Waals surface area contributed by atoms with Gasteiger partial charge in [-0.25, -0.2) is 24.8 Å². The third-order valence-electron chi connectivity index (χ3n) is 18.9. The SMILES string of the molecule is [2H]c1c([2H])c([2H])c(-c2ccc3sc4c(-n5c6ccccc6c6cc7ccccc7cc65)nc(-c5ccc([N+]#[C-])cc5)nc4c3c2)c([2H])c1[2H].c1ccc2cc(-c3ccc4oc5c(-n6c7ccccc7c7cc8ccccc8cc76)nc(-c6ccc7sc8ccccc8c7c6)nc5c4c3)ccc2c1. The maximum atomic E-state index is 8.61. The molecule has 0 aliphatic heterocycles. The molecule has 0 aliphatic rings. The maximum absolute atomic E-state index is 8.61. The van der Waals surface area contributed by atoms with Crippen LogP contribution in [0.15, 0.2) is 302 Å². The lowest BCUT2D eigenvalue weighted by molar-refractivity contribution is 0.662. The van der Waals surface area contributed by atoms with E-state index in [4.69, 9.17) is 37.8 Å². The first kappa shape index (κ1) is 49.9. The molecule has 14 aromatic carbocycles. The first-order chi connectivity index (χ1) is 50.0. The minimum atomic E-state index is -0.425. The van der Waals surface area contributed by atoms with Gasteiger partial charge >= 0.3 is 0 Å². The van der Waals surface area contributed by atoms with Crippen LogP contribution in [0, 0.1) is 6.57 Å². The van der Waals surface area contributed by atoms with Gasteiger partial charge in [-0.3, -0.25) is 9.13 Å². The van der Waals surface area contributed by atoms with Crippen LogP contribution in [0.1, 0.15) is 6.85 Å². The molecule has 0 N–H and O–H groups in total. The summed E-state index contributed by atoms with van der Waals surface area (Å²) in [6, 6.07) is 90.7. The van der Waals surface area contributed by atoms with E-state index in [1.165, 1.54) is 52.5 Å². The fourth-order valence-electron chi connectivity index (χ4n) is 14.2. The van der Waals surface area contributed by atoms with Crippen LogP contribution in [0.3, 0.4) is 0 Å². The molecule has 0 atom stereocenters. The zero-order valence-electron chi connectivity index (χ0n) is 56.3. The number of furan rings is 1. The summed E-state index contributed by atoms with van der Waals surface area (Å²) >= 11 is 3.37. The zero-order chi connectivity index (χ0) is 68.2. The molecule has 0 bridgehead atoms. The average Bonchev–Trinajstić information content (AvgIpc) is 1.56. The summed E-state index contributed by atoms with van der Waals surface area (Å²) in [4.78, 5) is 24.7. The Morgan fingerprint density at radius 2 is 0.835 bits per heavy atom. The van der Waals surface area contributed by atoms with Gasteiger partial charge in [-0.2, -0.15) is 0 Å². The van der Waals surface area contributed by atoms with Gasteiger partial charge in [0.05, 0.1) is 45.7 Å². The lowest BCUT2D eigenvalue weighted by Gasteiger charge is -2.11. The van der Waals surface area contributed by atoms with E-state index in [0.717, 1.165) is 103 Å². The highest BCUT2D eigenvalue weighted by Crippen LogP contribution is 2.45. The Balaban J connectivity index is 0.000000137. The van der Waals surface area contributed by atoms with Crippen molar-refractivity contribution in [1.82, 2.24) is 29.1 Å². The quantitative estimate of drug-likeness (QED) is 0.155. The Morgan fingerprint density at radius 1 is 0.340 bits per heavy atom. The molecule has 0 fully saturated rings. The molecule has 7 heterocycles. The van der Waals surface area contributed by atoms with E-state index in [9.17, 15) is 0 Å². The largest absolute Gasteiger partial charge is 0.450 e. The fourth-order valence-corrected chi connectivity index (χ4v) is 16.4. The molecule has 10 heteroatoms. The lowest BCUT2D eigenvalue weighted by Crippen LogP contribution is -2.01. The number of para-hydroxylation sites is 2. The number of hydrogen-bond donors (Lipinski definition) is 0. The molecule has 0 aliphatic carbocycles. The number of rotatable bonds is 6. The van der Waals surface area contributed by atoms with Crippen LogP contribution in [0.5, 0.6) is 0 Å². The normalized spacial score (nSPS) is 12.6. The second-order valence-electron chi connectivity index (χ2n) is 24.4. The highest BCUT2D eigenvalue weighted by Gasteiger charge is 2.25. The summed E-state index contributed by atoms with van der Waals surface area (Å²) in [6.07, 6.45) is 0. The second kappa shape index (κ2) is 21.7. The molecule has 0 spiro atoms. The maximum Gasteiger partial charge on any atom is 0.197 e. The van der Waals surface area contributed by atoms with Crippen LogP contribution in [0.25, 0.3) is 200 Å². The summed E-state index contributed by atoms with van der Waals surface area (Å²) in [6.45, 7) is 7.43. The van der Waals surface area contributed by atoms with E-state index in [1.807, 2.05) is 59.9 Å². The minimum Gasteiger partial charge on any atom is -0.450 e. The van der Waals surface area contributed by atoms with Crippen molar-refractivity contribution in [3.8, 4) is 56.7 Å². The Kier molecular flexibility index (Phi) is 11.2. The molecule has 0 amide bonds. The van der Waals surface area contributed by atoms with Gasteiger partial charge in [0.1, 0.15) is 11.1 Å². The van der Waals surface area contributed by atoms with Crippen molar-refractivity contribution in [3.05, 3.63) is 309 Å². The standard InChI is InChI=1S/C48H27N3OS.C39H22N4S/c1-2-10-29-23-32(18-17-28(29)9-1)33-19-21-42-39(25-33)45-46(52-42)48(50-47(49-45)34-20-22-44-38(26-34)36-14-6-8-16-43(36)53-44)51-40-15-7-5-13-35(40)37-24-30-11-3-4-12-31(30)27-41(37)51;1-40-29-18-15-25(16-19-29)38-41-36-32-22-28(24-9-3-2-4-10-24)17-20-35(32)44-37(36)39(42-38)43-33-14-8-7-13-30(33)31-21-26-11-5-6-12-27(26)23-34(31)43/h1-27H;2-23H/i;2D,3D,4D,9D,10D. The molecule has 450 valence electrons. The molecule has 97 heavy (non-hydrogen) atoms. The summed E-state index contributed by atoms with van der Waals surface area (Å²) in [5.41, 5.74) is 12.2. The van der Waals surface area contributed by atoms with E-state index in [-0.39, 0.29) is 29.7 Å². The van der Waals surface area contributed by atoms with Gasteiger partial charge in [-0.1, -0.05) is 206 Å². The monoisotopic (exact) mass is 1280 g/mol. The van der Waals surface area contributed by atoms with Crippen LogP contribution >= 0.6 is 22.7 Å².